The van der Waals surface area contributed by atoms with Gasteiger partial charge in [-0.15, -0.1) is 0 Å². The molecular formula is C22H16F2N4O. The topological polar surface area (TPSA) is 67.8 Å². The highest BCUT2D eigenvalue weighted by Crippen LogP contribution is 2.35. The average Bonchev–Trinajstić information content (AvgIpc) is 2.73. The zero-order valence-electron chi connectivity index (χ0n) is 15.4. The van der Waals surface area contributed by atoms with Crippen LogP contribution in [0.4, 0.5) is 14.6 Å². The van der Waals surface area contributed by atoms with Gasteiger partial charge in [0.2, 0.25) is 0 Å². The predicted molar refractivity (Wildman–Crippen MR) is 107 cm³/mol. The van der Waals surface area contributed by atoms with Gasteiger partial charge in [-0.05, 0) is 18.2 Å². The molecule has 2 aromatic heterocycles. The molecule has 2 aromatic carbocycles. The van der Waals surface area contributed by atoms with Gasteiger partial charge in [0.1, 0.15) is 12.1 Å². The fourth-order valence-corrected chi connectivity index (χ4v) is 3.12. The van der Waals surface area contributed by atoms with Crippen molar-refractivity contribution in [2.24, 2.45) is 0 Å². The molecule has 0 atom stereocenters. The fraction of sp³-hybridized carbons (Fsp3) is 0.0909. The number of alkyl halides is 2. The van der Waals surface area contributed by atoms with Crippen LogP contribution < -0.4 is 5.32 Å². The molecule has 1 amide bonds. The molecule has 29 heavy (non-hydrogen) atoms. The van der Waals surface area contributed by atoms with Crippen LogP contribution in [0, 0.1) is 0 Å². The van der Waals surface area contributed by atoms with Crippen molar-refractivity contribution in [3.05, 3.63) is 84.3 Å². The zero-order chi connectivity index (χ0) is 20.4. The fourth-order valence-electron chi connectivity index (χ4n) is 3.12. The van der Waals surface area contributed by atoms with Crippen LogP contribution in [0.25, 0.3) is 22.2 Å². The number of hydrogen-bond donors (Lipinski definition) is 1. The SMILES string of the molecule is CC(F)(F)c1ccccc1-c1ccc2cccc(C(=O)Nc3ccncn3)c2n1. The molecule has 0 unspecified atom stereocenters. The van der Waals surface area contributed by atoms with Gasteiger partial charge in [0.15, 0.2) is 0 Å². The van der Waals surface area contributed by atoms with Crippen LogP contribution in [0.3, 0.4) is 0 Å². The highest BCUT2D eigenvalue weighted by Gasteiger charge is 2.28. The third-order valence-corrected chi connectivity index (χ3v) is 4.46. The Balaban J connectivity index is 1.81. The minimum atomic E-state index is -3.02. The van der Waals surface area contributed by atoms with Gasteiger partial charge < -0.3 is 5.32 Å². The number of carbonyl (C=O) groups excluding carboxylic acids is 1. The summed E-state index contributed by atoms with van der Waals surface area (Å²) in [5, 5.41) is 3.42. The molecule has 7 heteroatoms. The Hall–Kier alpha value is -3.74. The van der Waals surface area contributed by atoms with E-state index in [0.717, 1.165) is 12.3 Å². The number of amides is 1. The number of fused-ring (bicyclic) bond motifs is 1. The van der Waals surface area contributed by atoms with Crippen LogP contribution in [-0.4, -0.2) is 20.9 Å². The van der Waals surface area contributed by atoms with E-state index in [4.69, 9.17) is 0 Å². The van der Waals surface area contributed by atoms with Gasteiger partial charge in [0.25, 0.3) is 11.8 Å². The van der Waals surface area contributed by atoms with E-state index in [-0.39, 0.29) is 5.56 Å². The quantitative estimate of drug-likeness (QED) is 0.529. The summed E-state index contributed by atoms with van der Waals surface area (Å²) in [6.07, 6.45) is 2.85. The van der Waals surface area contributed by atoms with Gasteiger partial charge in [-0.2, -0.15) is 0 Å². The Morgan fingerprint density at radius 2 is 1.83 bits per heavy atom. The summed E-state index contributed by atoms with van der Waals surface area (Å²) in [4.78, 5) is 25.1. The molecule has 0 aliphatic carbocycles. The molecule has 2 heterocycles. The van der Waals surface area contributed by atoms with E-state index in [1.807, 2.05) is 6.07 Å². The van der Waals surface area contributed by atoms with E-state index < -0.39 is 11.8 Å². The van der Waals surface area contributed by atoms with Gasteiger partial charge in [0.05, 0.1) is 16.8 Å². The summed E-state index contributed by atoms with van der Waals surface area (Å²) in [6, 6.07) is 16.4. The second-order valence-electron chi connectivity index (χ2n) is 6.56. The minimum absolute atomic E-state index is 0.116. The van der Waals surface area contributed by atoms with Gasteiger partial charge in [-0.25, -0.2) is 23.7 Å². The number of aromatic nitrogens is 3. The van der Waals surface area contributed by atoms with Crippen molar-refractivity contribution in [2.45, 2.75) is 12.8 Å². The first-order chi connectivity index (χ1) is 13.9. The van der Waals surface area contributed by atoms with E-state index in [0.29, 0.717) is 28.2 Å². The molecule has 0 saturated heterocycles. The van der Waals surface area contributed by atoms with Gasteiger partial charge >= 0.3 is 0 Å². The molecule has 0 aliphatic rings. The van der Waals surface area contributed by atoms with Crippen molar-refractivity contribution in [3.63, 3.8) is 0 Å². The van der Waals surface area contributed by atoms with Crippen LogP contribution in [0.1, 0.15) is 22.8 Å². The van der Waals surface area contributed by atoms with Crippen LogP contribution in [0.5, 0.6) is 0 Å². The van der Waals surface area contributed by atoms with Gasteiger partial charge in [-0.1, -0.05) is 42.5 Å². The summed E-state index contributed by atoms with van der Waals surface area (Å²) in [5.41, 5.74) is 1.33. The first-order valence-electron chi connectivity index (χ1n) is 8.88. The number of hydrogen-bond acceptors (Lipinski definition) is 4. The molecule has 4 aromatic rings. The molecule has 0 spiro atoms. The van der Waals surface area contributed by atoms with E-state index in [1.54, 1.807) is 48.5 Å². The van der Waals surface area contributed by atoms with Crippen LogP contribution in [-0.2, 0) is 5.92 Å². The van der Waals surface area contributed by atoms with Gasteiger partial charge in [0, 0.05) is 29.6 Å². The second kappa shape index (κ2) is 7.35. The maximum atomic E-state index is 14.1. The monoisotopic (exact) mass is 390 g/mol. The summed E-state index contributed by atoms with van der Waals surface area (Å²) in [7, 11) is 0. The number of pyridine rings is 1. The van der Waals surface area contributed by atoms with Gasteiger partial charge in [-0.3, -0.25) is 4.79 Å². The van der Waals surface area contributed by atoms with E-state index in [9.17, 15) is 13.6 Å². The highest BCUT2D eigenvalue weighted by atomic mass is 19.3. The smallest absolute Gasteiger partial charge is 0.271 e. The zero-order valence-corrected chi connectivity index (χ0v) is 15.4. The van der Waals surface area contributed by atoms with Crippen LogP contribution in [0.2, 0.25) is 0 Å². The van der Waals surface area contributed by atoms with E-state index in [1.165, 1.54) is 18.6 Å². The normalized spacial score (nSPS) is 11.4. The van der Waals surface area contributed by atoms with Crippen molar-refractivity contribution in [1.82, 2.24) is 15.0 Å². The largest absolute Gasteiger partial charge is 0.306 e. The highest BCUT2D eigenvalue weighted by molar-refractivity contribution is 6.11. The number of nitrogens with zero attached hydrogens (tertiary/aromatic N) is 3. The third kappa shape index (κ3) is 3.80. The number of para-hydroxylation sites is 1. The minimum Gasteiger partial charge on any atom is -0.306 e. The Morgan fingerprint density at radius 3 is 2.59 bits per heavy atom. The lowest BCUT2D eigenvalue weighted by Crippen LogP contribution is -2.14. The van der Waals surface area contributed by atoms with Crippen molar-refractivity contribution >= 4 is 22.6 Å². The summed E-state index contributed by atoms with van der Waals surface area (Å²) in [6.45, 7) is 0.855. The maximum Gasteiger partial charge on any atom is 0.271 e. The summed E-state index contributed by atoms with van der Waals surface area (Å²) >= 11 is 0. The molecule has 1 N–H and O–H groups in total. The number of rotatable bonds is 4. The number of halogens is 2. The number of nitrogens with one attached hydrogen (secondary N) is 1. The molecule has 0 bridgehead atoms. The second-order valence-corrected chi connectivity index (χ2v) is 6.56. The number of benzene rings is 2. The Morgan fingerprint density at radius 1 is 1.00 bits per heavy atom. The van der Waals surface area contributed by atoms with Crippen molar-refractivity contribution in [1.29, 1.82) is 0 Å². The summed E-state index contributed by atoms with van der Waals surface area (Å²) in [5.74, 6) is -3.06. The molecule has 0 radical (unpaired) electrons. The lowest BCUT2D eigenvalue weighted by atomic mass is 9.98. The van der Waals surface area contributed by atoms with Crippen LogP contribution in [0.15, 0.2) is 73.2 Å². The molecule has 0 fully saturated rings. The third-order valence-electron chi connectivity index (χ3n) is 4.46. The molecular weight excluding hydrogens is 374 g/mol. The average molecular weight is 390 g/mol. The van der Waals surface area contributed by atoms with E-state index >= 15 is 0 Å². The molecule has 0 aliphatic heterocycles. The number of carbonyl (C=O) groups is 1. The lowest BCUT2D eigenvalue weighted by Gasteiger charge is -2.16. The first kappa shape index (κ1) is 18.6. The molecule has 0 saturated carbocycles. The van der Waals surface area contributed by atoms with Crippen molar-refractivity contribution in [2.75, 3.05) is 5.32 Å². The summed E-state index contributed by atoms with van der Waals surface area (Å²) < 4.78 is 28.1. The molecule has 5 nitrogen and oxygen atoms in total. The molecule has 144 valence electrons. The van der Waals surface area contributed by atoms with Crippen LogP contribution >= 0.6 is 0 Å². The van der Waals surface area contributed by atoms with E-state index in [2.05, 4.69) is 20.3 Å². The standard InChI is InChI=1S/C22H16F2N4O/c1-22(23,24)17-8-3-2-6-15(17)18-10-9-14-5-4-7-16(20(14)27-18)21(29)28-19-11-12-25-13-26-19/h2-13H,1H3,(H,25,26,28,29). The Labute approximate surface area is 165 Å². The van der Waals surface area contributed by atoms with Crippen molar-refractivity contribution in [3.8, 4) is 11.3 Å². The Kier molecular flexibility index (Phi) is 4.72. The Bertz CT molecular complexity index is 1190. The molecule has 4 rings (SSSR count). The lowest BCUT2D eigenvalue weighted by molar-refractivity contribution is 0.0180. The number of anilines is 1. The van der Waals surface area contributed by atoms with Crippen molar-refractivity contribution < 1.29 is 13.6 Å². The maximum absolute atomic E-state index is 14.1. The first-order valence-corrected chi connectivity index (χ1v) is 8.88. The predicted octanol–water partition coefficient (Wildman–Crippen LogP) is 5.06.